The van der Waals surface area contributed by atoms with Gasteiger partial charge in [-0.1, -0.05) is 59.6 Å². The van der Waals surface area contributed by atoms with Crippen LogP contribution in [0.3, 0.4) is 0 Å². The Bertz CT molecular complexity index is 858. The molecule has 3 aromatic rings. The molecule has 0 radical (unpaired) electrons. The molecule has 0 fully saturated rings. The van der Waals surface area contributed by atoms with E-state index in [0.29, 0.717) is 16.0 Å². The summed E-state index contributed by atoms with van der Waals surface area (Å²) in [6, 6.07) is 15.6. The predicted octanol–water partition coefficient (Wildman–Crippen LogP) is 4.31. The minimum Gasteiger partial charge on any atom is -0.366 e. The molecule has 2 atom stereocenters. The molecule has 3 N–H and O–H groups in total. The van der Waals surface area contributed by atoms with Crippen molar-refractivity contribution < 1.29 is 0 Å². The molecule has 0 aliphatic carbocycles. The number of nitrogen functional groups attached to an aromatic ring is 1. The summed E-state index contributed by atoms with van der Waals surface area (Å²) in [6.45, 7) is 0. The Morgan fingerprint density at radius 2 is 1.75 bits per heavy atom. The number of hydrogen-bond donors (Lipinski definition) is 2. The van der Waals surface area contributed by atoms with Gasteiger partial charge in [0.2, 0.25) is 11.9 Å². The highest BCUT2D eigenvalue weighted by molar-refractivity contribution is 6.36. The van der Waals surface area contributed by atoms with Gasteiger partial charge in [-0.25, -0.2) is 4.68 Å². The predicted molar refractivity (Wildman–Crippen MR) is 96.5 cm³/mol. The van der Waals surface area contributed by atoms with Gasteiger partial charge in [0, 0.05) is 15.6 Å². The first-order chi connectivity index (χ1) is 11.6. The molecule has 0 bridgehead atoms. The van der Waals surface area contributed by atoms with Gasteiger partial charge >= 0.3 is 0 Å². The van der Waals surface area contributed by atoms with E-state index >= 15 is 0 Å². The van der Waals surface area contributed by atoms with E-state index in [1.807, 2.05) is 36.4 Å². The summed E-state index contributed by atoms with van der Waals surface area (Å²) in [6.07, 6.45) is 0.739. The number of nitrogens with one attached hydrogen (secondary N) is 1. The van der Waals surface area contributed by atoms with Crippen molar-refractivity contribution in [3.05, 3.63) is 69.7 Å². The van der Waals surface area contributed by atoms with Crippen LogP contribution in [0.4, 0.5) is 11.9 Å². The van der Waals surface area contributed by atoms with Crippen molar-refractivity contribution in [3.63, 3.8) is 0 Å². The Labute approximate surface area is 149 Å². The number of hydrogen-bond acceptors (Lipinski definition) is 4. The highest BCUT2D eigenvalue weighted by Crippen LogP contribution is 2.42. The monoisotopic (exact) mass is 359 g/mol. The van der Waals surface area contributed by atoms with Crippen LogP contribution in [-0.2, 0) is 0 Å². The van der Waals surface area contributed by atoms with Crippen LogP contribution in [-0.4, -0.2) is 14.8 Å². The number of rotatable bonds is 2. The van der Waals surface area contributed by atoms with Crippen LogP contribution in [0, 0.1) is 0 Å². The topological polar surface area (TPSA) is 68.8 Å². The average molecular weight is 360 g/mol. The van der Waals surface area contributed by atoms with Crippen molar-refractivity contribution in [2.24, 2.45) is 0 Å². The van der Waals surface area contributed by atoms with E-state index < -0.39 is 0 Å². The lowest BCUT2D eigenvalue weighted by molar-refractivity contribution is 0.432. The van der Waals surface area contributed by atoms with E-state index in [1.54, 1.807) is 4.68 Å². The van der Waals surface area contributed by atoms with Crippen molar-refractivity contribution in [2.75, 3.05) is 11.1 Å². The van der Waals surface area contributed by atoms with Crippen LogP contribution in [0.25, 0.3) is 0 Å². The van der Waals surface area contributed by atoms with Gasteiger partial charge in [-0.2, -0.15) is 4.98 Å². The number of benzene rings is 2. The van der Waals surface area contributed by atoms with E-state index in [0.717, 1.165) is 12.0 Å². The molecule has 2 aromatic carbocycles. The second-order valence-corrected chi connectivity index (χ2v) is 6.55. The summed E-state index contributed by atoms with van der Waals surface area (Å²) >= 11 is 12.9. The van der Waals surface area contributed by atoms with Crippen LogP contribution >= 0.6 is 23.2 Å². The van der Waals surface area contributed by atoms with Gasteiger partial charge in [-0.05, 0) is 24.1 Å². The second-order valence-electron chi connectivity index (χ2n) is 5.73. The number of nitrogens with zero attached hydrogens (tertiary/aromatic N) is 3. The van der Waals surface area contributed by atoms with Crippen molar-refractivity contribution in [1.29, 1.82) is 0 Å². The highest BCUT2D eigenvalue weighted by atomic mass is 35.5. The molecule has 0 saturated heterocycles. The zero-order valence-electron chi connectivity index (χ0n) is 12.7. The minimum atomic E-state index is -0.141. The fraction of sp³-hybridized carbons (Fsp3) is 0.176. The quantitative estimate of drug-likeness (QED) is 0.714. The van der Waals surface area contributed by atoms with E-state index in [1.165, 1.54) is 5.56 Å². The van der Waals surface area contributed by atoms with Crippen molar-refractivity contribution in [1.82, 2.24) is 14.8 Å². The Kier molecular flexibility index (Phi) is 3.82. The number of aromatic nitrogens is 3. The molecule has 1 aliphatic rings. The average Bonchev–Trinajstić information content (AvgIpc) is 2.95. The first kappa shape index (κ1) is 15.3. The van der Waals surface area contributed by atoms with Crippen LogP contribution in [0.2, 0.25) is 10.0 Å². The molecule has 1 aliphatic heterocycles. The number of anilines is 2. The SMILES string of the molecule is Nc1nc2n(n1)C(c1c(Cl)cccc1Cl)CC(c1ccccc1)N2. The van der Waals surface area contributed by atoms with Crippen molar-refractivity contribution >= 4 is 35.1 Å². The molecule has 4 rings (SSSR count). The molecule has 2 heterocycles. The summed E-state index contributed by atoms with van der Waals surface area (Å²) in [4.78, 5) is 4.29. The lowest BCUT2D eigenvalue weighted by Crippen LogP contribution is -2.28. The second kappa shape index (κ2) is 6.00. The Hall–Kier alpha value is -2.24. The van der Waals surface area contributed by atoms with Gasteiger partial charge < -0.3 is 11.1 Å². The van der Waals surface area contributed by atoms with Gasteiger partial charge in [-0.15, -0.1) is 5.10 Å². The van der Waals surface area contributed by atoms with Crippen molar-refractivity contribution in [2.45, 2.75) is 18.5 Å². The molecule has 24 heavy (non-hydrogen) atoms. The maximum absolute atomic E-state index is 6.43. The lowest BCUT2D eigenvalue weighted by Gasteiger charge is -2.32. The number of halogens is 2. The summed E-state index contributed by atoms with van der Waals surface area (Å²) in [5, 5.41) is 8.94. The minimum absolute atomic E-state index is 0.0691. The molecule has 122 valence electrons. The fourth-order valence-electron chi connectivity index (χ4n) is 3.17. The molecule has 5 nitrogen and oxygen atoms in total. The maximum Gasteiger partial charge on any atom is 0.241 e. The summed E-state index contributed by atoms with van der Waals surface area (Å²) < 4.78 is 1.77. The Morgan fingerprint density at radius 3 is 2.46 bits per heavy atom. The zero-order chi connectivity index (χ0) is 16.7. The molecule has 0 amide bonds. The van der Waals surface area contributed by atoms with Crippen LogP contribution in [0.1, 0.15) is 29.6 Å². The molecule has 2 unspecified atom stereocenters. The standard InChI is InChI=1S/C17H15Cl2N5/c18-11-7-4-8-12(19)15(11)14-9-13(10-5-2-1-3-6-10)21-17-22-16(20)23-24(14)17/h1-8,13-14H,9H2,(H3,20,21,22,23). The first-order valence-electron chi connectivity index (χ1n) is 7.61. The maximum atomic E-state index is 6.43. The van der Waals surface area contributed by atoms with E-state index in [9.17, 15) is 0 Å². The normalized spacial score (nSPS) is 19.6. The van der Waals surface area contributed by atoms with E-state index in [4.69, 9.17) is 28.9 Å². The largest absolute Gasteiger partial charge is 0.366 e. The lowest BCUT2D eigenvalue weighted by atomic mass is 9.93. The Morgan fingerprint density at radius 1 is 1.04 bits per heavy atom. The van der Waals surface area contributed by atoms with Crippen LogP contribution in [0.15, 0.2) is 48.5 Å². The highest BCUT2D eigenvalue weighted by Gasteiger charge is 2.33. The van der Waals surface area contributed by atoms with Gasteiger partial charge in [0.05, 0.1) is 12.1 Å². The van der Waals surface area contributed by atoms with E-state index in [2.05, 4.69) is 27.5 Å². The molecule has 0 spiro atoms. The Balaban J connectivity index is 1.83. The first-order valence-corrected chi connectivity index (χ1v) is 8.36. The van der Waals surface area contributed by atoms with Crippen LogP contribution < -0.4 is 11.1 Å². The summed E-state index contributed by atoms with van der Waals surface area (Å²) in [5.74, 6) is 0.841. The van der Waals surface area contributed by atoms with Gasteiger partial charge in [0.25, 0.3) is 0 Å². The number of nitrogens with two attached hydrogens (primary N) is 1. The molecular formula is C17H15Cl2N5. The smallest absolute Gasteiger partial charge is 0.241 e. The molecule has 1 aromatic heterocycles. The third kappa shape index (κ3) is 2.60. The summed E-state index contributed by atoms with van der Waals surface area (Å²) in [5.41, 5.74) is 7.82. The zero-order valence-corrected chi connectivity index (χ0v) is 14.2. The third-order valence-corrected chi connectivity index (χ3v) is 4.90. The molecule has 0 saturated carbocycles. The fourth-order valence-corrected chi connectivity index (χ4v) is 3.82. The van der Waals surface area contributed by atoms with Crippen molar-refractivity contribution in [3.8, 4) is 0 Å². The van der Waals surface area contributed by atoms with Gasteiger partial charge in [0.15, 0.2) is 0 Å². The molecular weight excluding hydrogens is 345 g/mol. The molecule has 7 heteroatoms. The van der Waals surface area contributed by atoms with Gasteiger partial charge in [-0.3, -0.25) is 0 Å². The third-order valence-electron chi connectivity index (χ3n) is 4.24. The summed E-state index contributed by atoms with van der Waals surface area (Å²) in [7, 11) is 0. The van der Waals surface area contributed by atoms with Crippen LogP contribution in [0.5, 0.6) is 0 Å². The van der Waals surface area contributed by atoms with E-state index in [-0.39, 0.29) is 18.0 Å². The number of fused-ring (bicyclic) bond motifs is 1. The van der Waals surface area contributed by atoms with Gasteiger partial charge in [0.1, 0.15) is 0 Å².